The van der Waals surface area contributed by atoms with Crippen LogP contribution >= 0.6 is 23.2 Å². The number of rotatable bonds is 1. The van der Waals surface area contributed by atoms with E-state index in [1.54, 1.807) is 35.0 Å². The quantitative estimate of drug-likeness (QED) is 0.860. The molecular formula is C14H15Cl2N3O2. The fourth-order valence-electron chi connectivity index (χ4n) is 2.97. The molecule has 0 radical (unpaired) electrons. The highest BCUT2D eigenvalue weighted by molar-refractivity contribution is 6.35. The van der Waals surface area contributed by atoms with Crippen molar-refractivity contribution in [3.8, 4) is 0 Å². The molecule has 2 aliphatic heterocycles. The Labute approximate surface area is 132 Å². The lowest BCUT2D eigenvalue weighted by molar-refractivity contribution is 0.0666. The van der Waals surface area contributed by atoms with Crippen LogP contribution in [0.25, 0.3) is 0 Å². The summed E-state index contributed by atoms with van der Waals surface area (Å²) in [6, 6.07) is 4.89. The fourth-order valence-corrected chi connectivity index (χ4v) is 3.34. The average Bonchev–Trinajstić information content (AvgIpc) is 2.75. The van der Waals surface area contributed by atoms with E-state index in [0.29, 0.717) is 28.7 Å². The normalized spacial score (nSPS) is 24.8. The molecule has 0 spiro atoms. The molecule has 0 aliphatic carbocycles. The minimum atomic E-state index is -0.148. The molecule has 0 bridgehead atoms. The number of halogens is 2. The first-order valence-electron chi connectivity index (χ1n) is 6.75. The van der Waals surface area contributed by atoms with Crippen molar-refractivity contribution in [2.45, 2.75) is 18.5 Å². The third kappa shape index (κ3) is 2.56. The number of likely N-dealkylation sites (N-methyl/N-ethyl adjacent to an activating group) is 1. The first kappa shape index (κ1) is 14.5. The molecule has 7 heteroatoms. The molecule has 2 aliphatic rings. The fraction of sp³-hybridized carbons (Fsp3) is 0.429. The van der Waals surface area contributed by atoms with Gasteiger partial charge in [0, 0.05) is 25.2 Å². The maximum Gasteiger partial charge on any atom is 0.317 e. The Balaban J connectivity index is 1.78. The van der Waals surface area contributed by atoms with E-state index in [0.717, 1.165) is 6.42 Å². The van der Waals surface area contributed by atoms with E-state index >= 15 is 0 Å². The summed E-state index contributed by atoms with van der Waals surface area (Å²) in [7, 11) is 1.78. The molecule has 2 fully saturated rings. The Morgan fingerprint density at radius 2 is 2.14 bits per heavy atom. The van der Waals surface area contributed by atoms with Crippen LogP contribution in [0.4, 0.5) is 4.79 Å². The standard InChI is InChI=1S/C14H15Cl2N3O2/c1-18-12-4-5-19(7-11(12)17-14(18)21)13(20)9-6-8(15)2-3-10(9)16/h2-3,6,11-12H,4-5,7H2,1H3,(H,17,21)/t11-,12+/m1/s1. The van der Waals surface area contributed by atoms with Crippen molar-refractivity contribution in [3.05, 3.63) is 33.8 Å². The number of nitrogens with zero attached hydrogens (tertiary/aromatic N) is 2. The summed E-state index contributed by atoms with van der Waals surface area (Å²) in [6.45, 7) is 1.09. The van der Waals surface area contributed by atoms with E-state index in [1.807, 2.05) is 0 Å². The molecule has 21 heavy (non-hydrogen) atoms. The summed E-state index contributed by atoms with van der Waals surface area (Å²) in [5.74, 6) is -0.148. The van der Waals surface area contributed by atoms with Crippen LogP contribution in [-0.4, -0.2) is 54.0 Å². The SMILES string of the molecule is CN1C(=O)N[C@@H]2CN(C(=O)c3cc(Cl)ccc3Cl)CC[C@@H]21. The number of amides is 3. The lowest BCUT2D eigenvalue weighted by Gasteiger charge is -2.36. The van der Waals surface area contributed by atoms with Gasteiger partial charge < -0.3 is 15.1 Å². The largest absolute Gasteiger partial charge is 0.336 e. The minimum Gasteiger partial charge on any atom is -0.336 e. The Morgan fingerprint density at radius 3 is 2.90 bits per heavy atom. The van der Waals surface area contributed by atoms with Crippen LogP contribution in [0.2, 0.25) is 10.0 Å². The van der Waals surface area contributed by atoms with Gasteiger partial charge in [-0.25, -0.2) is 4.79 Å². The van der Waals surface area contributed by atoms with E-state index in [-0.39, 0.29) is 24.0 Å². The van der Waals surface area contributed by atoms with E-state index in [4.69, 9.17) is 23.2 Å². The van der Waals surface area contributed by atoms with Crippen LogP contribution in [-0.2, 0) is 0 Å². The number of hydrogen-bond donors (Lipinski definition) is 1. The number of carbonyl (C=O) groups excluding carboxylic acids is 2. The lowest BCUT2D eigenvalue weighted by atomic mass is 9.99. The number of piperidine rings is 1. The summed E-state index contributed by atoms with van der Waals surface area (Å²) in [5, 5.41) is 3.77. The van der Waals surface area contributed by atoms with Gasteiger partial charge in [0.15, 0.2) is 0 Å². The monoisotopic (exact) mass is 327 g/mol. The highest BCUT2D eigenvalue weighted by Crippen LogP contribution is 2.26. The van der Waals surface area contributed by atoms with Gasteiger partial charge in [-0.05, 0) is 24.6 Å². The number of benzene rings is 1. The van der Waals surface area contributed by atoms with Crippen LogP contribution in [0, 0.1) is 0 Å². The third-order valence-corrected chi connectivity index (χ3v) is 4.71. The molecule has 3 amide bonds. The maximum atomic E-state index is 12.6. The molecule has 0 aromatic heterocycles. The van der Waals surface area contributed by atoms with Crippen molar-refractivity contribution in [1.82, 2.24) is 15.1 Å². The van der Waals surface area contributed by atoms with Gasteiger partial charge in [0.1, 0.15) is 0 Å². The zero-order valence-electron chi connectivity index (χ0n) is 11.5. The van der Waals surface area contributed by atoms with Crippen LogP contribution in [0.3, 0.4) is 0 Å². The van der Waals surface area contributed by atoms with Crippen molar-refractivity contribution in [3.63, 3.8) is 0 Å². The average molecular weight is 328 g/mol. The highest BCUT2D eigenvalue weighted by atomic mass is 35.5. The Hall–Kier alpha value is -1.46. The van der Waals surface area contributed by atoms with E-state index in [2.05, 4.69) is 5.32 Å². The van der Waals surface area contributed by atoms with Gasteiger partial charge >= 0.3 is 6.03 Å². The molecular weight excluding hydrogens is 313 g/mol. The van der Waals surface area contributed by atoms with Gasteiger partial charge in [-0.15, -0.1) is 0 Å². The number of hydrogen-bond acceptors (Lipinski definition) is 2. The highest BCUT2D eigenvalue weighted by Gasteiger charge is 2.41. The smallest absolute Gasteiger partial charge is 0.317 e. The topological polar surface area (TPSA) is 52.7 Å². The minimum absolute atomic E-state index is 0.0295. The second-order valence-electron chi connectivity index (χ2n) is 5.40. The van der Waals surface area contributed by atoms with Crippen molar-refractivity contribution < 1.29 is 9.59 Å². The number of likely N-dealkylation sites (tertiary alicyclic amines) is 1. The van der Waals surface area contributed by atoms with E-state index in [1.165, 1.54) is 0 Å². The molecule has 0 saturated carbocycles. The predicted molar refractivity (Wildman–Crippen MR) is 80.9 cm³/mol. The molecule has 0 unspecified atom stereocenters. The Bertz CT molecular complexity index is 608. The van der Waals surface area contributed by atoms with Crippen LogP contribution in [0.5, 0.6) is 0 Å². The third-order valence-electron chi connectivity index (χ3n) is 4.15. The molecule has 1 N–H and O–H groups in total. The van der Waals surface area contributed by atoms with Crippen LogP contribution < -0.4 is 5.32 Å². The van der Waals surface area contributed by atoms with Gasteiger partial charge in [-0.1, -0.05) is 23.2 Å². The van der Waals surface area contributed by atoms with Gasteiger partial charge in [-0.3, -0.25) is 4.79 Å². The first-order valence-corrected chi connectivity index (χ1v) is 7.50. The number of urea groups is 1. The molecule has 2 heterocycles. The van der Waals surface area contributed by atoms with Crippen molar-refractivity contribution >= 4 is 35.1 Å². The van der Waals surface area contributed by atoms with E-state index in [9.17, 15) is 9.59 Å². The van der Waals surface area contributed by atoms with Gasteiger partial charge in [0.05, 0.1) is 22.7 Å². The molecule has 2 atom stereocenters. The molecule has 5 nitrogen and oxygen atoms in total. The number of fused-ring (bicyclic) bond motifs is 1. The zero-order chi connectivity index (χ0) is 15.1. The second kappa shape index (κ2) is 5.39. The summed E-state index contributed by atoms with van der Waals surface area (Å²) >= 11 is 12.0. The Kier molecular flexibility index (Phi) is 3.71. The maximum absolute atomic E-state index is 12.6. The van der Waals surface area contributed by atoms with Gasteiger partial charge in [0.2, 0.25) is 0 Å². The van der Waals surface area contributed by atoms with Gasteiger partial charge in [-0.2, -0.15) is 0 Å². The zero-order valence-corrected chi connectivity index (χ0v) is 13.0. The molecule has 2 saturated heterocycles. The lowest BCUT2D eigenvalue weighted by Crippen LogP contribution is -2.52. The molecule has 1 aromatic carbocycles. The van der Waals surface area contributed by atoms with E-state index < -0.39 is 0 Å². The van der Waals surface area contributed by atoms with Gasteiger partial charge in [0.25, 0.3) is 5.91 Å². The number of carbonyl (C=O) groups is 2. The summed E-state index contributed by atoms with van der Waals surface area (Å²) < 4.78 is 0. The van der Waals surface area contributed by atoms with Crippen molar-refractivity contribution in [2.75, 3.05) is 20.1 Å². The number of nitrogens with one attached hydrogen (secondary N) is 1. The van der Waals surface area contributed by atoms with Crippen molar-refractivity contribution in [2.24, 2.45) is 0 Å². The van der Waals surface area contributed by atoms with Crippen LogP contribution in [0.15, 0.2) is 18.2 Å². The molecule has 1 aromatic rings. The van der Waals surface area contributed by atoms with Crippen LogP contribution in [0.1, 0.15) is 16.8 Å². The summed E-state index contributed by atoms with van der Waals surface area (Å²) in [6.07, 6.45) is 0.754. The second-order valence-corrected chi connectivity index (χ2v) is 6.24. The predicted octanol–water partition coefficient (Wildman–Crippen LogP) is 2.23. The summed E-state index contributed by atoms with van der Waals surface area (Å²) in [5.41, 5.74) is 0.403. The first-order chi connectivity index (χ1) is 9.97. The van der Waals surface area contributed by atoms with Crippen molar-refractivity contribution in [1.29, 1.82) is 0 Å². The Morgan fingerprint density at radius 1 is 1.38 bits per heavy atom. The molecule has 3 rings (SSSR count). The molecule has 112 valence electrons. The summed E-state index contributed by atoms with van der Waals surface area (Å²) in [4.78, 5) is 27.7.